The molecule has 1 aromatic heterocycles. The third kappa shape index (κ3) is 4.32. The molecule has 0 radical (unpaired) electrons. The third-order valence-corrected chi connectivity index (χ3v) is 8.07. The molecule has 0 saturated heterocycles. The molecule has 0 unspecified atom stereocenters. The number of benzene rings is 1. The Hall–Kier alpha value is -1.95. The number of hydrogen-bond acceptors (Lipinski definition) is 4. The van der Waals surface area contributed by atoms with Crippen LogP contribution in [-0.4, -0.2) is 28.8 Å². The van der Waals surface area contributed by atoms with Gasteiger partial charge in [-0.1, -0.05) is 6.07 Å². The van der Waals surface area contributed by atoms with Crippen LogP contribution in [0.15, 0.2) is 29.2 Å². The minimum Gasteiger partial charge on any atom is -0.481 e. The smallest absolute Gasteiger partial charge is 0.305 e. The number of sulfonamides is 1. The third-order valence-electron chi connectivity index (χ3n) is 5.22. The van der Waals surface area contributed by atoms with Gasteiger partial charge in [-0.3, -0.25) is 14.3 Å². The minimum absolute atomic E-state index is 0.0223. The maximum Gasteiger partial charge on any atom is 0.305 e. The van der Waals surface area contributed by atoms with Crippen LogP contribution in [0.2, 0.25) is 0 Å². The second kappa shape index (κ2) is 7.71. The Kier molecular flexibility index (Phi) is 5.78. The van der Waals surface area contributed by atoms with E-state index in [1.807, 2.05) is 22.6 Å². The van der Waals surface area contributed by atoms with E-state index < -0.39 is 33.0 Å². The molecule has 2 aromatic rings. The van der Waals surface area contributed by atoms with Gasteiger partial charge in [0.05, 0.1) is 12.1 Å². The molecule has 0 bridgehead atoms. The van der Waals surface area contributed by atoms with E-state index in [4.69, 9.17) is 5.11 Å². The highest BCUT2D eigenvalue weighted by Gasteiger charge is 2.56. The molecule has 1 aliphatic carbocycles. The summed E-state index contributed by atoms with van der Waals surface area (Å²) in [5.74, 6) is -1.64. The van der Waals surface area contributed by atoms with E-state index in [9.17, 15) is 22.4 Å². The van der Waals surface area contributed by atoms with Crippen LogP contribution in [0, 0.1) is 16.3 Å². The second-order valence-electron chi connectivity index (χ2n) is 7.33. The number of aliphatic carboxylic acids is 1. The number of anilines is 1. The molecule has 29 heavy (non-hydrogen) atoms. The maximum absolute atomic E-state index is 14.4. The van der Waals surface area contributed by atoms with Gasteiger partial charge in [0.1, 0.15) is 10.6 Å². The largest absolute Gasteiger partial charge is 0.481 e. The number of carboxylic acid groups (broad SMARTS) is 1. The Morgan fingerprint density at radius 1 is 1.38 bits per heavy atom. The normalized spacial score (nSPS) is 15.2. The fourth-order valence-corrected chi connectivity index (χ4v) is 5.39. The molecule has 3 rings (SSSR count). The van der Waals surface area contributed by atoms with Crippen LogP contribution in [0.25, 0.3) is 0 Å². The molecule has 7 nitrogen and oxygen atoms in total. The minimum atomic E-state index is -4.02. The van der Waals surface area contributed by atoms with Crippen molar-refractivity contribution in [3.05, 3.63) is 60.8 Å². The number of halogens is 2. The van der Waals surface area contributed by atoms with Crippen molar-refractivity contribution >= 4 is 44.3 Å². The van der Waals surface area contributed by atoms with Gasteiger partial charge < -0.3 is 9.67 Å². The second-order valence-corrected chi connectivity index (χ2v) is 10.7. The number of carboxylic acids is 1. The number of aryl methyl sites for hydroxylation is 1. The maximum atomic E-state index is 14.4. The fourth-order valence-electron chi connectivity index (χ4n) is 3.31. The average Bonchev–Trinajstić information content (AvgIpc) is 3.38. The van der Waals surface area contributed by atoms with Crippen LogP contribution in [0.5, 0.6) is 0 Å². The SMILES string of the molecule is Cc1c(Cc2ccc(I)cc2F)c(NS(=O)(=O)C2(CC(=O)O)CC2)cn(C)c1=O. The summed E-state index contributed by atoms with van der Waals surface area (Å²) in [5, 5.41) is 9.07. The Morgan fingerprint density at radius 2 is 2.03 bits per heavy atom. The van der Waals surface area contributed by atoms with Crippen molar-refractivity contribution in [3.63, 3.8) is 0 Å². The van der Waals surface area contributed by atoms with Gasteiger partial charge in [0.25, 0.3) is 5.56 Å². The lowest BCUT2D eigenvalue weighted by atomic mass is 10.00. The lowest BCUT2D eigenvalue weighted by Gasteiger charge is -2.20. The molecule has 0 spiro atoms. The zero-order valence-corrected chi connectivity index (χ0v) is 18.8. The molecule has 0 aliphatic heterocycles. The Bertz CT molecular complexity index is 1160. The van der Waals surface area contributed by atoms with Crippen LogP contribution < -0.4 is 10.3 Å². The van der Waals surface area contributed by atoms with Crippen LogP contribution >= 0.6 is 22.6 Å². The number of hydrogen-bond donors (Lipinski definition) is 2. The molecule has 156 valence electrons. The molecule has 1 saturated carbocycles. The lowest BCUT2D eigenvalue weighted by Crippen LogP contribution is -2.33. The molecule has 0 amide bonds. The van der Waals surface area contributed by atoms with Gasteiger partial charge in [-0.25, -0.2) is 12.8 Å². The first-order chi connectivity index (χ1) is 13.5. The summed E-state index contributed by atoms with van der Waals surface area (Å²) in [7, 11) is -2.52. The number of nitrogens with zero attached hydrogens (tertiary/aromatic N) is 1. The summed E-state index contributed by atoms with van der Waals surface area (Å²) in [6.07, 6.45) is 1.38. The van der Waals surface area contributed by atoms with E-state index in [0.717, 1.165) is 3.57 Å². The van der Waals surface area contributed by atoms with E-state index in [1.165, 1.54) is 23.9 Å². The van der Waals surface area contributed by atoms with E-state index in [0.29, 0.717) is 16.7 Å². The highest BCUT2D eigenvalue weighted by molar-refractivity contribution is 14.1. The molecule has 0 atom stereocenters. The lowest BCUT2D eigenvalue weighted by molar-refractivity contribution is -0.137. The van der Waals surface area contributed by atoms with Crippen molar-refractivity contribution in [1.29, 1.82) is 0 Å². The zero-order valence-electron chi connectivity index (χ0n) is 15.8. The standard InChI is InChI=1S/C19H20FIN2O5S/c1-11-14(7-12-3-4-13(21)8-15(12)20)16(10-23(2)18(11)26)22-29(27,28)19(5-6-19)9-17(24)25/h3-4,8,10,22H,5-7,9H2,1-2H3,(H,24,25). The van der Waals surface area contributed by atoms with Crippen molar-refractivity contribution in [2.45, 2.75) is 37.4 Å². The van der Waals surface area contributed by atoms with Crippen molar-refractivity contribution in [3.8, 4) is 0 Å². The quantitative estimate of drug-likeness (QED) is 0.532. The van der Waals surface area contributed by atoms with E-state index in [1.54, 1.807) is 19.1 Å². The van der Waals surface area contributed by atoms with Crippen molar-refractivity contribution < 1.29 is 22.7 Å². The van der Waals surface area contributed by atoms with Gasteiger partial charge in [0.15, 0.2) is 0 Å². The summed E-state index contributed by atoms with van der Waals surface area (Å²) >= 11 is 1.99. The van der Waals surface area contributed by atoms with Crippen molar-refractivity contribution in [2.24, 2.45) is 7.05 Å². The topological polar surface area (TPSA) is 105 Å². The molecule has 10 heteroatoms. The highest BCUT2D eigenvalue weighted by atomic mass is 127. The van der Waals surface area contributed by atoms with Crippen LogP contribution in [0.3, 0.4) is 0 Å². The van der Waals surface area contributed by atoms with Gasteiger partial charge in [-0.2, -0.15) is 0 Å². The monoisotopic (exact) mass is 534 g/mol. The number of carbonyl (C=O) groups is 1. The van der Waals surface area contributed by atoms with E-state index >= 15 is 0 Å². The average molecular weight is 534 g/mol. The molecule has 2 N–H and O–H groups in total. The predicted molar refractivity (Wildman–Crippen MR) is 115 cm³/mol. The first kappa shape index (κ1) is 21.8. The molecule has 1 aliphatic rings. The van der Waals surface area contributed by atoms with Crippen LogP contribution in [0.4, 0.5) is 10.1 Å². The van der Waals surface area contributed by atoms with Gasteiger partial charge in [-0.05, 0) is 65.6 Å². The molecule has 1 heterocycles. The first-order valence-corrected chi connectivity index (χ1v) is 11.4. The first-order valence-electron chi connectivity index (χ1n) is 8.83. The number of rotatable bonds is 7. The Balaban J connectivity index is 2.05. The predicted octanol–water partition coefficient (Wildman–Crippen LogP) is 2.78. The van der Waals surface area contributed by atoms with Crippen molar-refractivity contribution in [1.82, 2.24) is 4.57 Å². The van der Waals surface area contributed by atoms with Crippen LogP contribution in [0.1, 0.15) is 36.0 Å². The zero-order chi connectivity index (χ0) is 21.6. The Morgan fingerprint density at radius 3 is 2.59 bits per heavy atom. The van der Waals surface area contributed by atoms with Gasteiger partial charge in [0.2, 0.25) is 10.0 Å². The Labute approximate surface area is 181 Å². The highest BCUT2D eigenvalue weighted by Crippen LogP contribution is 2.47. The van der Waals surface area contributed by atoms with Crippen molar-refractivity contribution in [2.75, 3.05) is 4.72 Å². The number of aromatic nitrogens is 1. The van der Waals surface area contributed by atoms with E-state index in [-0.39, 0.29) is 30.5 Å². The molecular formula is C19H20FIN2O5S. The summed E-state index contributed by atoms with van der Waals surface area (Å²) < 4.78 is 43.3. The summed E-state index contributed by atoms with van der Waals surface area (Å²) in [6.45, 7) is 1.56. The van der Waals surface area contributed by atoms with Gasteiger partial charge >= 0.3 is 5.97 Å². The molecule has 1 fully saturated rings. The molecular weight excluding hydrogens is 514 g/mol. The number of pyridine rings is 1. The fraction of sp³-hybridized carbons (Fsp3) is 0.368. The van der Waals surface area contributed by atoms with Gasteiger partial charge in [-0.15, -0.1) is 0 Å². The van der Waals surface area contributed by atoms with E-state index in [2.05, 4.69) is 4.72 Å². The summed E-state index contributed by atoms with van der Waals surface area (Å²) in [6, 6.07) is 4.69. The number of nitrogens with one attached hydrogen (secondary N) is 1. The van der Waals surface area contributed by atoms with Gasteiger partial charge in [0, 0.05) is 28.8 Å². The summed E-state index contributed by atoms with van der Waals surface area (Å²) in [4.78, 5) is 23.5. The van der Waals surface area contributed by atoms with Crippen LogP contribution in [-0.2, 0) is 28.3 Å². The molecule has 1 aromatic carbocycles. The summed E-state index contributed by atoms with van der Waals surface area (Å²) in [5.41, 5.74) is 0.824.